The highest BCUT2D eigenvalue weighted by Gasteiger charge is 2.35. The molecule has 2 aliphatic rings. The van der Waals surface area contributed by atoms with Crippen molar-refractivity contribution < 1.29 is 9.59 Å². The molecule has 2 amide bonds. The number of amides is 2. The van der Waals surface area contributed by atoms with Crippen LogP contribution in [-0.2, 0) is 4.79 Å². The Balaban J connectivity index is 1.50. The lowest BCUT2D eigenvalue weighted by Crippen LogP contribution is -2.36. The second-order valence-electron chi connectivity index (χ2n) is 6.18. The van der Waals surface area contributed by atoms with Gasteiger partial charge in [-0.2, -0.15) is 5.26 Å². The quantitative estimate of drug-likeness (QED) is 0.881. The molecular formula is C16H20N4O2. The molecule has 1 aliphatic heterocycles. The first-order valence-corrected chi connectivity index (χ1v) is 7.83. The highest BCUT2D eigenvalue weighted by atomic mass is 16.2. The molecule has 1 aromatic rings. The van der Waals surface area contributed by atoms with Gasteiger partial charge < -0.3 is 15.2 Å². The summed E-state index contributed by atoms with van der Waals surface area (Å²) in [6.45, 7) is 1.24. The van der Waals surface area contributed by atoms with E-state index in [0.29, 0.717) is 30.3 Å². The third-order valence-corrected chi connectivity index (χ3v) is 4.61. The zero-order valence-corrected chi connectivity index (χ0v) is 12.5. The molecule has 1 atom stereocenters. The average molecular weight is 300 g/mol. The van der Waals surface area contributed by atoms with E-state index in [4.69, 9.17) is 5.26 Å². The summed E-state index contributed by atoms with van der Waals surface area (Å²) in [7, 11) is 0. The normalized spacial score (nSPS) is 22.0. The predicted molar refractivity (Wildman–Crippen MR) is 79.9 cm³/mol. The summed E-state index contributed by atoms with van der Waals surface area (Å²) in [6.07, 6.45) is 6.68. The number of H-pyrrole nitrogens is 1. The van der Waals surface area contributed by atoms with Crippen LogP contribution in [0.5, 0.6) is 0 Å². The minimum atomic E-state index is -0.228. The van der Waals surface area contributed by atoms with Crippen LogP contribution in [0.15, 0.2) is 12.3 Å². The number of rotatable bonds is 4. The summed E-state index contributed by atoms with van der Waals surface area (Å²) in [5.74, 6) is 0.175. The second-order valence-corrected chi connectivity index (χ2v) is 6.18. The minimum Gasteiger partial charge on any atom is -0.356 e. The van der Waals surface area contributed by atoms with Gasteiger partial charge in [-0.25, -0.2) is 0 Å². The summed E-state index contributed by atoms with van der Waals surface area (Å²) >= 11 is 0. The maximum absolute atomic E-state index is 12.1. The van der Waals surface area contributed by atoms with Crippen LogP contribution in [-0.4, -0.2) is 40.8 Å². The number of aromatic amines is 1. The van der Waals surface area contributed by atoms with Gasteiger partial charge in [0.05, 0.1) is 5.56 Å². The third-order valence-electron chi connectivity index (χ3n) is 4.61. The average Bonchev–Trinajstić information content (AvgIpc) is 3.24. The Morgan fingerprint density at radius 1 is 1.45 bits per heavy atom. The molecule has 1 saturated heterocycles. The molecule has 0 radical (unpaired) electrons. The van der Waals surface area contributed by atoms with E-state index in [1.807, 2.05) is 11.0 Å². The fraction of sp³-hybridized carbons (Fsp3) is 0.562. The van der Waals surface area contributed by atoms with Crippen LogP contribution in [0.2, 0.25) is 0 Å². The lowest BCUT2D eigenvalue weighted by Gasteiger charge is -2.24. The molecule has 116 valence electrons. The van der Waals surface area contributed by atoms with Crippen LogP contribution in [0.1, 0.15) is 48.2 Å². The van der Waals surface area contributed by atoms with Crippen molar-refractivity contribution in [3.63, 3.8) is 0 Å². The van der Waals surface area contributed by atoms with Crippen molar-refractivity contribution >= 4 is 11.8 Å². The summed E-state index contributed by atoms with van der Waals surface area (Å²) in [4.78, 5) is 28.9. The van der Waals surface area contributed by atoms with E-state index in [2.05, 4.69) is 10.3 Å². The molecule has 0 bridgehead atoms. The van der Waals surface area contributed by atoms with Gasteiger partial charge in [0.1, 0.15) is 11.8 Å². The van der Waals surface area contributed by atoms with Crippen LogP contribution >= 0.6 is 0 Å². The summed E-state index contributed by atoms with van der Waals surface area (Å²) in [5.41, 5.74) is 0.821. The summed E-state index contributed by atoms with van der Waals surface area (Å²) in [5, 5.41) is 11.6. The van der Waals surface area contributed by atoms with Crippen molar-refractivity contribution in [2.24, 2.45) is 5.92 Å². The van der Waals surface area contributed by atoms with Gasteiger partial charge in [0, 0.05) is 37.7 Å². The zero-order chi connectivity index (χ0) is 15.5. The van der Waals surface area contributed by atoms with Crippen molar-refractivity contribution in [3.05, 3.63) is 23.5 Å². The first-order chi connectivity index (χ1) is 10.7. The van der Waals surface area contributed by atoms with E-state index < -0.39 is 0 Å². The largest absolute Gasteiger partial charge is 0.356 e. The Labute approximate surface area is 129 Å². The van der Waals surface area contributed by atoms with E-state index in [1.54, 1.807) is 0 Å². The lowest BCUT2D eigenvalue weighted by molar-refractivity contribution is -0.129. The Morgan fingerprint density at radius 3 is 2.91 bits per heavy atom. The first kappa shape index (κ1) is 14.6. The number of nitrogens with zero attached hydrogens (tertiary/aromatic N) is 2. The van der Waals surface area contributed by atoms with E-state index >= 15 is 0 Å². The lowest BCUT2D eigenvalue weighted by atomic mass is 10.1. The maximum atomic E-state index is 12.1. The highest BCUT2D eigenvalue weighted by molar-refractivity contribution is 5.92. The van der Waals surface area contributed by atoms with Crippen LogP contribution in [0.25, 0.3) is 0 Å². The topological polar surface area (TPSA) is 89.0 Å². The van der Waals surface area contributed by atoms with Crippen LogP contribution in [0, 0.1) is 17.2 Å². The van der Waals surface area contributed by atoms with Gasteiger partial charge in [-0.3, -0.25) is 9.59 Å². The van der Waals surface area contributed by atoms with Crippen LogP contribution in [0.4, 0.5) is 0 Å². The summed E-state index contributed by atoms with van der Waals surface area (Å²) < 4.78 is 0. The first-order valence-electron chi connectivity index (χ1n) is 7.83. The summed E-state index contributed by atoms with van der Waals surface area (Å²) in [6, 6.07) is 3.92. The maximum Gasteiger partial charge on any atom is 0.267 e. The standard InChI is InChI=1S/C16H20N4O2/c17-7-11-5-14(18-8-11)16(22)19-9-12-6-15(21)20(10-12)13-3-1-2-4-13/h5,8,12-13,18H,1-4,6,9-10H2,(H,19,22)/t12-/m0/s1. The smallest absolute Gasteiger partial charge is 0.267 e. The Kier molecular flexibility index (Phi) is 4.14. The van der Waals surface area contributed by atoms with Gasteiger partial charge >= 0.3 is 0 Å². The molecule has 3 rings (SSSR count). The van der Waals surface area contributed by atoms with Crippen molar-refractivity contribution in [1.29, 1.82) is 5.26 Å². The van der Waals surface area contributed by atoms with E-state index in [1.165, 1.54) is 25.1 Å². The molecule has 2 N–H and O–H groups in total. The molecular weight excluding hydrogens is 280 g/mol. The van der Waals surface area contributed by atoms with Crippen molar-refractivity contribution in [2.45, 2.75) is 38.1 Å². The number of carbonyl (C=O) groups is 2. The molecule has 0 unspecified atom stereocenters. The highest BCUT2D eigenvalue weighted by Crippen LogP contribution is 2.29. The number of hydrogen-bond donors (Lipinski definition) is 2. The fourth-order valence-electron chi connectivity index (χ4n) is 3.44. The van der Waals surface area contributed by atoms with Gasteiger partial charge in [-0.1, -0.05) is 12.8 Å². The van der Waals surface area contributed by atoms with Crippen molar-refractivity contribution in [3.8, 4) is 6.07 Å². The third kappa shape index (κ3) is 2.98. The molecule has 22 heavy (non-hydrogen) atoms. The van der Waals surface area contributed by atoms with Crippen LogP contribution < -0.4 is 5.32 Å². The number of hydrogen-bond acceptors (Lipinski definition) is 3. The van der Waals surface area contributed by atoms with Gasteiger partial charge in [-0.05, 0) is 18.9 Å². The minimum absolute atomic E-state index is 0.183. The Hall–Kier alpha value is -2.29. The number of aromatic nitrogens is 1. The molecule has 6 heteroatoms. The Bertz CT molecular complexity index is 610. The fourth-order valence-corrected chi connectivity index (χ4v) is 3.44. The van der Waals surface area contributed by atoms with E-state index in [-0.39, 0.29) is 17.7 Å². The van der Waals surface area contributed by atoms with E-state index in [0.717, 1.165) is 19.4 Å². The van der Waals surface area contributed by atoms with Gasteiger partial charge in [-0.15, -0.1) is 0 Å². The number of nitrogens with one attached hydrogen (secondary N) is 2. The van der Waals surface area contributed by atoms with Gasteiger partial charge in [0.25, 0.3) is 5.91 Å². The molecule has 1 aliphatic carbocycles. The van der Waals surface area contributed by atoms with Gasteiger partial charge in [0.15, 0.2) is 0 Å². The number of likely N-dealkylation sites (tertiary alicyclic amines) is 1. The molecule has 2 heterocycles. The molecule has 0 spiro atoms. The monoisotopic (exact) mass is 300 g/mol. The van der Waals surface area contributed by atoms with Crippen molar-refractivity contribution in [1.82, 2.24) is 15.2 Å². The Morgan fingerprint density at radius 2 is 2.23 bits per heavy atom. The molecule has 0 aromatic carbocycles. The molecule has 1 aromatic heterocycles. The zero-order valence-electron chi connectivity index (χ0n) is 12.5. The second kappa shape index (κ2) is 6.22. The van der Waals surface area contributed by atoms with Crippen LogP contribution in [0.3, 0.4) is 0 Å². The molecule has 1 saturated carbocycles. The number of carbonyl (C=O) groups excluding carboxylic acids is 2. The van der Waals surface area contributed by atoms with E-state index in [9.17, 15) is 9.59 Å². The molecule has 2 fully saturated rings. The van der Waals surface area contributed by atoms with Gasteiger partial charge in [0.2, 0.25) is 5.91 Å². The SMILES string of the molecule is N#Cc1c[nH]c(C(=O)NC[C@@H]2CC(=O)N(C3CCCC3)C2)c1. The van der Waals surface area contributed by atoms with Crippen molar-refractivity contribution in [2.75, 3.05) is 13.1 Å². The number of nitriles is 1. The predicted octanol–water partition coefficient (Wildman–Crippen LogP) is 1.41. The molecule has 6 nitrogen and oxygen atoms in total.